The molecular formula is C20H21N7O3. The number of morpholine rings is 1. The Morgan fingerprint density at radius 1 is 1.17 bits per heavy atom. The number of nitrogens with zero attached hydrogens (tertiary/aromatic N) is 5. The third-order valence-electron chi connectivity index (χ3n) is 4.67. The summed E-state index contributed by atoms with van der Waals surface area (Å²) in [6.07, 6.45) is 3.25. The molecule has 0 radical (unpaired) electrons. The van der Waals surface area contributed by atoms with E-state index in [0.717, 1.165) is 24.5 Å². The molecule has 3 aromatic rings. The van der Waals surface area contributed by atoms with Crippen LogP contribution in [0.15, 0.2) is 42.7 Å². The topological polar surface area (TPSA) is 128 Å². The van der Waals surface area contributed by atoms with Gasteiger partial charge in [0, 0.05) is 38.1 Å². The van der Waals surface area contributed by atoms with Crippen LogP contribution < -0.4 is 16.0 Å². The highest BCUT2D eigenvalue weighted by atomic mass is 16.5. The van der Waals surface area contributed by atoms with Crippen LogP contribution >= 0.6 is 0 Å². The van der Waals surface area contributed by atoms with Crippen LogP contribution in [0.2, 0.25) is 0 Å². The number of carbonyl (C=O) groups is 2. The van der Waals surface area contributed by atoms with Crippen molar-refractivity contribution in [3.05, 3.63) is 54.1 Å². The van der Waals surface area contributed by atoms with Gasteiger partial charge in [-0.1, -0.05) is 6.07 Å². The lowest BCUT2D eigenvalue weighted by Gasteiger charge is -2.27. The van der Waals surface area contributed by atoms with E-state index in [4.69, 9.17) is 10.5 Å². The fraction of sp³-hybridized carbons (Fsp3) is 0.250. The molecule has 0 bridgehead atoms. The van der Waals surface area contributed by atoms with E-state index in [9.17, 15) is 9.59 Å². The fourth-order valence-electron chi connectivity index (χ4n) is 3.19. The quantitative estimate of drug-likeness (QED) is 0.647. The fourth-order valence-corrected chi connectivity index (χ4v) is 3.19. The largest absolute Gasteiger partial charge is 0.378 e. The zero-order valence-electron chi connectivity index (χ0n) is 16.4. The third-order valence-corrected chi connectivity index (χ3v) is 4.67. The molecule has 1 fully saturated rings. The van der Waals surface area contributed by atoms with Gasteiger partial charge in [0.1, 0.15) is 11.5 Å². The van der Waals surface area contributed by atoms with Crippen LogP contribution in [0.4, 0.5) is 11.5 Å². The number of carbonyl (C=O) groups excluding carboxylic acids is 2. The maximum Gasteiger partial charge on any atom is 0.274 e. The first-order chi connectivity index (χ1) is 14.5. The molecule has 0 aromatic carbocycles. The normalized spacial score (nSPS) is 13.8. The monoisotopic (exact) mass is 407 g/mol. The molecule has 0 unspecified atom stereocenters. The van der Waals surface area contributed by atoms with E-state index < -0.39 is 11.8 Å². The Bertz CT molecular complexity index is 1070. The van der Waals surface area contributed by atoms with Crippen molar-refractivity contribution >= 4 is 23.3 Å². The van der Waals surface area contributed by atoms with E-state index in [1.807, 2.05) is 12.1 Å². The Labute approximate surface area is 172 Å². The molecule has 0 saturated carbocycles. The number of anilines is 2. The van der Waals surface area contributed by atoms with Crippen molar-refractivity contribution in [3.63, 3.8) is 0 Å². The van der Waals surface area contributed by atoms with Gasteiger partial charge in [-0.3, -0.25) is 14.3 Å². The molecule has 30 heavy (non-hydrogen) atoms. The van der Waals surface area contributed by atoms with E-state index in [-0.39, 0.29) is 17.1 Å². The molecule has 4 rings (SSSR count). The van der Waals surface area contributed by atoms with Crippen molar-refractivity contribution < 1.29 is 14.3 Å². The number of hydrogen-bond acceptors (Lipinski definition) is 7. The summed E-state index contributed by atoms with van der Waals surface area (Å²) in [5.41, 5.74) is 7.14. The molecule has 10 nitrogen and oxygen atoms in total. The second-order valence-corrected chi connectivity index (χ2v) is 6.80. The van der Waals surface area contributed by atoms with Crippen molar-refractivity contribution in [1.29, 1.82) is 0 Å². The van der Waals surface area contributed by atoms with Gasteiger partial charge in [-0.15, -0.1) is 0 Å². The Hall–Kier alpha value is -3.79. The second kappa shape index (κ2) is 8.29. The Morgan fingerprint density at radius 2 is 1.97 bits per heavy atom. The van der Waals surface area contributed by atoms with Gasteiger partial charge in [0.2, 0.25) is 0 Å². The predicted molar refractivity (Wildman–Crippen MR) is 110 cm³/mol. The lowest BCUT2D eigenvalue weighted by Crippen LogP contribution is -2.36. The smallest absolute Gasteiger partial charge is 0.274 e. The lowest BCUT2D eigenvalue weighted by molar-refractivity contribution is 0.0995. The highest BCUT2D eigenvalue weighted by Crippen LogP contribution is 2.21. The molecule has 0 aliphatic carbocycles. The summed E-state index contributed by atoms with van der Waals surface area (Å²) in [6, 6.07) is 9.00. The van der Waals surface area contributed by atoms with Crippen LogP contribution in [-0.2, 0) is 11.8 Å². The zero-order valence-corrected chi connectivity index (χ0v) is 16.4. The number of pyridine rings is 2. The number of hydrogen-bond donors (Lipinski definition) is 2. The standard InChI is InChI=1S/C20H21N7O3/c1-26-12-16(18(25-26)19(21)28)24-20(29)15-4-2-3-14(23-15)13-5-6-17(22-11-13)27-7-9-30-10-8-27/h2-6,11-12H,7-10H2,1H3,(H2,21,28)(H,24,29). The maximum atomic E-state index is 12.6. The molecule has 1 aliphatic heterocycles. The first-order valence-corrected chi connectivity index (χ1v) is 9.42. The van der Waals surface area contributed by atoms with E-state index in [0.29, 0.717) is 18.9 Å². The molecule has 154 valence electrons. The van der Waals surface area contributed by atoms with Crippen molar-refractivity contribution in [2.24, 2.45) is 12.8 Å². The van der Waals surface area contributed by atoms with Gasteiger partial charge >= 0.3 is 0 Å². The van der Waals surface area contributed by atoms with Gasteiger partial charge < -0.3 is 20.7 Å². The number of primary amides is 1. The van der Waals surface area contributed by atoms with Gasteiger partial charge in [0.05, 0.1) is 24.6 Å². The van der Waals surface area contributed by atoms with Crippen LogP contribution in [-0.4, -0.2) is 57.9 Å². The van der Waals surface area contributed by atoms with E-state index >= 15 is 0 Å². The van der Waals surface area contributed by atoms with Crippen LogP contribution in [0.5, 0.6) is 0 Å². The van der Waals surface area contributed by atoms with Gasteiger partial charge in [0.25, 0.3) is 11.8 Å². The molecule has 0 atom stereocenters. The summed E-state index contributed by atoms with van der Waals surface area (Å²) in [6.45, 7) is 3.00. The molecule has 4 heterocycles. The first-order valence-electron chi connectivity index (χ1n) is 9.42. The van der Waals surface area contributed by atoms with E-state index in [1.54, 1.807) is 31.4 Å². The lowest BCUT2D eigenvalue weighted by atomic mass is 10.1. The van der Waals surface area contributed by atoms with Crippen LogP contribution in [0, 0.1) is 0 Å². The number of ether oxygens (including phenoxy) is 1. The maximum absolute atomic E-state index is 12.6. The molecule has 3 aromatic heterocycles. The summed E-state index contributed by atoms with van der Waals surface area (Å²) < 4.78 is 6.77. The minimum Gasteiger partial charge on any atom is -0.378 e. The summed E-state index contributed by atoms with van der Waals surface area (Å²) >= 11 is 0. The average molecular weight is 407 g/mol. The van der Waals surface area contributed by atoms with Gasteiger partial charge in [-0.25, -0.2) is 9.97 Å². The van der Waals surface area contributed by atoms with E-state index in [2.05, 4.69) is 25.3 Å². The van der Waals surface area contributed by atoms with Gasteiger partial charge in [0.15, 0.2) is 5.69 Å². The molecular weight excluding hydrogens is 386 g/mol. The number of aryl methyl sites for hydroxylation is 1. The van der Waals surface area contributed by atoms with Crippen molar-refractivity contribution in [2.75, 3.05) is 36.5 Å². The number of rotatable bonds is 5. The van der Waals surface area contributed by atoms with Crippen molar-refractivity contribution in [3.8, 4) is 11.3 Å². The predicted octanol–water partition coefficient (Wildman–Crippen LogP) is 1.06. The Balaban J connectivity index is 1.52. The molecule has 10 heteroatoms. The summed E-state index contributed by atoms with van der Waals surface area (Å²) in [7, 11) is 1.63. The highest BCUT2D eigenvalue weighted by Gasteiger charge is 2.18. The zero-order chi connectivity index (χ0) is 21.1. The highest BCUT2D eigenvalue weighted by molar-refractivity contribution is 6.07. The van der Waals surface area contributed by atoms with Gasteiger partial charge in [-0.05, 0) is 24.3 Å². The third kappa shape index (κ3) is 4.13. The summed E-state index contributed by atoms with van der Waals surface area (Å²) in [5, 5.41) is 6.60. The van der Waals surface area contributed by atoms with Crippen molar-refractivity contribution in [2.45, 2.75) is 0 Å². The number of nitrogens with one attached hydrogen (secondary N) is 1. The molecule has 0 spiro atoms. The number of amides is 2. The van der Waals surface area contributed by atoms with Crippen molar-refractivity contribution in [1.82, 2.24) is 19.7 Å². The average Bonchev–Trinajstić information content (AvgIpc) is 3.15. The van der Waals surface area contributed by atoms with Crippen LogP contribution in [0.1, 0.15) is 21.0 Å². The first kappa shape index (κ1) is 19.5. The van der Waals surface area contributed by atoms with E-state index in [1.165, 1.54) is 10.9 Å². The molecule has 3 N–H and O–H groups in total. The molecule has 2 amide bonds. The summed E-state index contributed by atoms with van der Waals surface area (Å²) in [5.74, 6) is -0.309. The number of aromatic nitrogens is 4. The molecule has 1 saturated heterocycles. The Kier molecular flexibility index (Phi) is 5.40. The van der Waals surface area contributed by atoms with Crippen LogP contribution in [0.25, 0.3) is 11.3 Å². The minimum absolute atomic E-state index is 0.00935. The minimum atomic E-state index is -0.723. The second-order valence-electron chi connectivity index (χ2n) is 6.80. The van der Waals surface area contributed by atoms with Gasteiger partial charge in [-0.2, -0.15) is 5.10 Å². The SMILES string of the molecule is Cn1cc(NC(=O)c2cccc(-c3ccc(N4CCOCC4)nc3)n2)c(C(N)=O)n1. The molecule has 1 aliphatic rings. The summed E-state index contributed by atoms with van der Waals surface area (Å²) in [4.78, 5) is 35.3. The Morgan fingerprint density at radius 3 is 2.67 bits per heavy atom. The number of nitrogens with two attached hydrogens (primary N) is 1. The van der Waals surface area contributed by atoms with Crippen LogP contribution in [0.3, 0.4) is 0 Å².